The molecule has 0 spiro atoms. The third kappa shape index (κ3) is 2.38. The third-order valence-corrected chi connectivity index (χ3v) is 8.68. The Bertz CT molecular complexity index is 399. The molecule has 0 amide bonds. The van der Waals surface area contributed by atoms with Crippen molar-refractivity contribution in [3.05, 3.63) is 41.5 Å². The highest BCUT2D eigenvalue weighted by Gasteiger charge is 2.33. The molecule has 2 rings (SSSR count). The minimum atomic E-state index is -1.50. The molecule has 1 atom stereocenters. The molecule has 17 heavy (non-hydrogen) atoms. The van der Waals surface area contributed by atoms with Gasteiger partial charge in [-0.3, -0.25) is 0 Å². The van der Waals surface area contributed by atoms with Crippen LogP contribution in [-0.2, 0) is 4.43 Å². The fourth-order valence-electron chi connectivity index (χ4n) is 2.59. The van der Waals surface area contributed by atoms with Crippen molar-refractivity contribution in [2.24, 2.45) is 0 Å². The molecule has 2 heteroatoms. The van der Waals surface area contributed by atoms with Crippen LogP contribution in [0.1, 0.15) is 38.0 Å². The van der Waals surface area contributed by atoms with Crippen LogP contribution in [0.3, 0.4) is 0 Å². The van der Waals surface area contributed by atoms with Gasteiger partial charge in [0, 0.05) is 0 Å². The van der Waals surface area contributed by atoms with Crippen LogP contribution in [0.5, 0.6) is 0 Å². The Kier molecular flexibility index (Phi) is 3.85. The van der Waals surface area contributed by atoms with Gasteiger partial charge >= 0.3 is 0 Å². The number of hydrogen-bond acceptors (Lipinski definition) is 1. The van der Waals surface area contributed by atoms with E-state index < -0.39 is 8.32 Å². The first kappa shape index (κ1) is 12.6. The summed E-state index contributed by atoms with van der Waals surface area (Å²) in [6.45, 7) is 6.84. The molecule has 1 aromatic rings. The minimum absolute atomic E-state index is 0.206. The molecule has 0 fully saturated rings. The average molecular weight is 246 g/mol. The van der Waals surface area contributed by atoms with Gasteiger partial charge in [0.25, 0.3) is 0 Å². The molecule has 0 saturated heterocycles. The summed E-state index contributed by atoms with van der Waals surface area (Å²) in [5.74, 6) is 0. The van der Waals surface area contributed by atoms with Crippen molar-refractivity contribution in [3.8, 4) is 0 Å². The topological polar surface area (TPSA) is 9.23 Å². The molecule has 1 nitrogen and oxygen atoms in total. The molecule has 0 saturated carbocycles. The Morgan fingerprint density at radius 1 is 1.06 bits per heavy atom. The maximum atomic E-state index is 6.53. The first-order chi connectivity index (χ1) is 8.24. The van der Waals surface area contributed by atoms with E-state index in [1.807, 2.05) is 0 Å². The standard InChI is InChI=1S/C15H22OSi/c1-4-17(5-2,6-3)16-15-12-11-13-9-7-8-10-14(13)15/h7-12,15H,4-6H2,1-3H3. The zero-order chi connectivity index (χ0) is 12.3. The first-order valence-corrected chi connectivity index (χ1v) is 9.22. The van der Waals surface area contributed by atoms with Crippen molar-refractivity contribution in [2.45, 2.75) is 45.0 Å². The second-order valence-electron chi connectivity index (χ2n) is 4.77. The number of benzene rings is 1. The highest BCUT2D eigenvalue weighted by Crippen LogP contribution is 2.36. The molecule has 0 radical (unpaired) electrons. The summed E-state index contributed by atoms with van der Waals surface area (Å²) >= 11 is 0. The quantitative estimate of drug-likeness (QED) is 0.680. The maximum Gasteiger partial charge on any atom is 0.193 e. The zero-order valence-electron chi connectivity index (χ0n) is 11.1. The Hall–Kier alpha value is -0.863. The van der Waals surface area contributed by atoms with E-state index >= 15 is 0 Å². The van der Waals surface area contributed by atoms with Crippen LogP contribution in [0, 0.1) is 0 Å². The average Bonchev–Trinajstić information content (AvgIpc) is 2.79. The fraction of sp³-hybridized carbons (Fsp3) is 0.467. The molecule has 0 aromatic heterocycles. The molecule has 0 heterocycles. The van der Waals surface area contributed by atoms with Crippen molar-refractivity contribution in [1.82, 2.24) is 0 Å². The Labute approximate surface area is 106 Å². The van der Waals surface area contributed by atoms with Crippen LogP contribution in [0.15, 0.2) is 30.3 Å². The lowest BCUT2D eigenvalue weighted by Crippen LogP contribution is -2.36. The summed E-state index contributed by atoms with van der Waals surface area (Å²) in [6, 6.07) is 12.2. The first-order valence-electron chi connectivity index (χ1n) is 6.69. The van der Waals surface area contributed by atoms with E-state index in [1.165, 1.54) is 29.3 Å². The van der Waals surface area contributed by atoms with E-state index in [9.17, 15) is 0 Å². The second-order valence-corrected chi connectivity index (χ2v) is 9.49. The van der Waals surface area contributed by atoms with Gasteiger partial charge in [-0.2, -0.15) is 0 Å². The lowest BCUT2D eigenvalue weighted by atomic mass is 10.1. The Morgan fingerprint density at radius 2 is 1.71 bits per heavy atom. The Morgan fingerprint density at radius 3 is 2.35 bits per heavy atom. The van der Waals surface area contributed by atoms with Crippen LogP contribution in [0.4, 0.5) is 0 Å². The molecule has 1 unspecified atom stereocenters. The molecular weight excluding hydrogens is 224 g/mol. The normalized spacial score (nSPS) is 18.4. The summed E-state index contributed by atoms with van der Waals surface area (Å²) in [4.78, 5) is 0. The maximum absolute atomic E-state index is 6.53. The SMILES string of the molecule is CC[Si](CC)(CC)OC1C=Cc2ccccc21. The van der Waals surface area contributed by atoms with Gasteiger partial charge in [-0.15, -0.1) is 0 Å². The van der Waals surface area contributed by atoms with Gasteiger partial charge in [-0.25, -0.2) is 0 Å². The molecule has 1 aromatic carbocycles. The van der Waals surface area contributed by atoms with Crippen molar-refractivity contribution in [3.63, 3.8) is 0 Å². The van der Waals surface area contributed by atoms with Gasteiger partial charge in [0.1, 0.15) is 0 Å². The molecule has 1 aliphatic rings. The lowest BCUT2D eigenvalue weighted by Gasteiger charge is -2.31. The van der Waals surface area contributed by atoms with E-state index in [0.717, 1.165) is 0 Å². The second kappa shape index (κ2) is 5.19. The predicted molar refractivity (Wildman–Crippen MR) is 76.5 cm³/mol. The monoisotopic (exact) mass is 246 g/mol. The van der Waals surface area contributed by atoms with Crippen molar-refractivity contribution in [2.75, 3.05) is 0 Å². The molecule has 0 N–H and O–H groups in total. The number of rotatable bonds is 5. The number of hydrogen-bond donors (Lipinski definition) is 0. The van der Waals surface area contributed by atoms with Crippen LogP contribution >= 0.6 is 0 Å². The van der Waals surface area contributed by atoms with Crippen LogP contribution < -0.4 is 0 Å². The largest absolute Gasteiger partial charge is 0.406 e. The minimum Gasteiger partial charge on any atom is -0.406 e. The smallest absolute Gasteiger partial charge is 0.193 e. The summed E-state index contributed by atoms with van der Waals surface area (Å²) in [5, 5.41) is 0. The van der Waals surface area contributed by atoms with E-state index in [1.54, 1.807) is 0 Å². The van der Waals surface area contributed by atoms with Crippen LogP contribution in [0.25, 0.3) is 6.08 Å². The molecular formula is C15H22OSi. The summed E-state index contributed by atoms with van der Waals surface area (Å²) in [7, 11) is -1.50. The van der Waals surface area contributed by atoms with E-state index in [-0.39, 0.29) is 6.10 Å². The predicted octanol–water partition coefficient (Wildman–Crippen LogP) is 4.78. The lowest BCUT2D eigenvalue weighted by molar-refractivity contribution is 0.241. The summed E-state index contributed by atoms with van der Waals surface area (Å²) in [5.41, 5.74) is 2.67. The van der Waals surface area contributed by atoms with E-state index in [0.29, 0.717) is 0 Å². The van der Waals surface area contributed by atoms with Gasteiger partial charge in [0.05, 0.1) is 6.10 Å². The van der Waals surface area contributed by atoms with Crippen molar-refractivity contribution in [1.29, 1.82) is 0 Å². The van der Waals surface area contributed by atoms with Crippen molar-refractivity contribution < 1.29 is 4.43 Å². The van der Waals surface area contributed by atoms with E-state index in [2.05, 4.69) is 57.2 Å². The van der Waals surface area contributed by atoms with Gasteiger partial charge in [0.2, 0.25) is 0 Å². The highest BCUT2D eigenvalue weighted by atomic mass is 28.4. The van der Waals surface area contributed by atoms with Gasteiger partial charge in [0.15, 0.2) is 8.32 Å². The van der Waals surface area contributed by atoms with E-state index in [4.69, 9.17) is 4.43 Å². The van der Waals surface area contributed by atoms with Crippen LogP contribution in [0.2, 0.25) is 18.1 Å². The molecule has 0 aliphatic heterocycles. The van der Waals surface area contributed by atoms with Crippen molar-refractivity contribution >= 4 is 14.4 Å². The molecule has 92 valence electrons. The summed E-state index contributed by atoms with van der Waals surface area (Å²) in [6.07, 6.45) is 4.62. The van der Waals surface area contributed by atoms with Crippen LogP contribution in [-0.4, -0.2) is 8.32 Å². The fourth-order valence-corrected chi connectivity index (χ4v) is 5.33. The van der Waals surface area contributed by atoms with Gasteiger partial charge in [-0.1, -0.05) is 57.2 Å². The highest BCUT2D eigenvalue weighted by molar-refractivity contribution is 6.73. The number of fused-ring (bicyclic) bond motifs is 1. The third-order valence-electron chi connectivity index (χ3n) is 4.06. The van der Waals surface area contributed by atoms with Gasteiger partial charge in [-0.05, 0) is 29.3 Å². The molecule has 0 bridgehead atoms. The molecule has 1 aliphatic carbocycles. The summed E-state index contributed by atoms with van der Waals surface area (Å²) < 4.78 is 6.53. The zero-order valence-corrected chi connectivity index (χ0v) is 12.1. The Balaban J connectivity index is 2.19. The van der Waals surface area contributed by atoms with Gasteiger partial charge < -0.3 is 4.43 Å².